The zero-order valence-electron chi connectivity index (χ0n) is 19.8. The molecule has 3 heterocycles. The van der Waals surface area contributed by atoms with Gasteiger partial charge in [0.1, 0.15) is 10.9 Å². The molecule has 0 radical (unpaired) electrons. The lowest BCUT2D eigenvalue weighted by Crippen LogP contribution is -2.21. The Morgan fingerprint density at radius 3 is 1.81 bits per heavy atom. The first-order chi connectivity index (χ1) is 16.9. The molecule has 2 bridgehead atoms. The van der Waals surface area contributed by atoms with E-state index >= 15 is 0 Å². The standard InChI is InChI=1S/C25H27N2S.CHF3O3S/c1-17-3-9-21(10-4-17)28(22-11-5-18(2)6-12-22)25-14-7-19(16-26-25)23-15-20-8-13-24(23)27-20;2-1(3,4)8(5,6)7/h3-7,9-12,14,16,20,23-24,27H,8,13,15H2,1-2H3;(H,5,6,7)/q+1;/p-1/t20-,23-,24-;/m0./s1. The number of nitrogens with one attached hydrogen (secondary N) is 1. The van der Waals surface area contributed by atoms with Gasteiger partial charge >= 0.3 is 5.51 Å². The van der Waals surface area contributed by atoms with E-state index in [1.807, 2.05) is 0 Å². The van der Waals surface area contributed by atoms with Crippen LogP contribution < -0.4 is 5.32 Å². The minimum atomic E-state index is -6.09. The summed E-state index contributed by atoms with van der Waals surface area (Å²) in [6.45, 7) is 4.29. The molecule has 1 aromatic heterocycles. The van der Waals surface area contributed by atoms with Crippen molar-refractivity contribution in [2.45, 2.75) is 71.4 Å². The average molecular weight is 537 g/mol. The van der Waals surface area contributed by atoms with Crippen molar-refractivity contribution in [3.05, 3.63) is 83.6 Å². The van der Waals surface area contributed by atoms with E-state index in [9.17, 15) is 13.2 Å². The largest absolute Gasteiger partial charge is 0.741 e. The van der Waals surface area contributed by atoms with Crippen LogP contribution in [0, 0.1) is 13.8 Å². The monoisotopic (exact) mass is 536 g/mol. The van der Waals surface area contributed by atoms with Crippen molar-refractivity contribution < 1.29 is 26.1 Å². The van der Waals surface area contributed by atoms with Crippen molar-refractivity contribution in [3.8, 4) is 0 Å². The van der Waals surface area contributed by atoms with Crippen LogP contribution in [0.2, 0.25) is 0 Å². The van der Waals surface area contributed by atoms with Gasteiger partial charge in [0.2, 0.25) is 0 Å². The van der Waals surface area contributed by atoms with Gasteiger partial charge in [-0.3, -0.25) is 0 Å². The van der Waals surface area contributed by atoms with E-state index in [0.29, 0.717) is 12.0 Å². The van der Waals surface area contributed by atoms with Crippen LogP contribution in [0.15, 0.2) is 81.7 Å². The van der Waals surface area contributed by atoms with Crippen LogP contribution >= 0.6 is 0 Å². The van der Waals surface area contributed by atoms with Crippen LogP contribution in [0.3, 0.4) is 0 Å². The molecule has 5 rings (SSSR count). The summed E-state index contributed by atoms with van der Waals surface area (Å²) >= 11 is 0. The SMILES string of the molecule is Cc1ccc([S+](c2ccc(C)cc2)c2ccc([C@@H]3C[C@@H]4CC[C@@H]3N4)cn2)cc1.O=S(=O)([O-])C(F)(F)F. The second-order valence-electron chi connectivity index (χ2n) is 9.15. The molecule has 2 aliphatic heterocycles. The lowest BCUT2D eigenvalue weighted by atomic mass is 9.85. The first-order valence-electron chi connectivity index (χ1n) is 11.5. The number of pyridine rings is 1. The van der Waals surface area contributed by atoms with E-state index in [1.54, 1.807) is 0 Å². The van der Waals surface area contributed by atoms with Crippen molar-refractivity contribution in [1.82, 2.24) is 10.3 Å². The van der Waals surface area contributed by atoms with Gasteiger partial charge in [-0.05, 0) is 62.9 Å². The van der Waals surface area contributed by atoms with Gasteiger partial charge in [-0.1, -0.05) is 41.5 Å². The zero-order chi connectivity index (χ0) is 26.1. The van der Waals surface area contributed by atoms with Gasteiger partial charge in [0.15, 0.2) is 19.9 Å². The maximum absolute atomic E-state index is 10.7. The van der Waals surface area contributed by atoms with Gasteiger partial charge < -0.3 is 9.87 Å². The molecule has 10 heteroatoms. The van der Waals surface area contributed by atoms with E-state index in [0.717, 1.165) is 11.1 Å². The summed E-state index contributed by atoms with van der Waals surface area (Å²) in [5.74, 6) is 0.640. The maximum atomic E-state index is 10.7. The van der Waals surface area contributed by atoms with Gasteiger partial charge in [-0.2, -0.15) is 13.2 Å². The molecule has 2 aromatic carbocycles. The Morgan fingerprint density at radius 1 is 0.917 bits per heavy atom. The van der Waals surface area contributed by atoms with Crippen LogP contribution in [0.25, 0.3) is 0 Å². The Hall–Kier alpha value is -2.40. The van der Waals surface area contributed by atoms with E-state index in [4.69, 9.17) is 18.0 Å². The fourth-order valence-electron chi connectivity index (χ4n) is 4.65. The highest BCUT2D eigenvalue weighted by atomic mass is 32.2. The number of rotatable bonds is 4. The van der Waals surface area contributed by atoms with E-state index in [2.05, 4.69) is 86.0 Å². The lowest BCUT2D eigenvalue weighted by Gasteiger charge is -2.20. The quantitative estimate of drug-likeness (QED) is 0.272. The fraction of sp³-hybridized carbons (Fsp3) is 0.346. The number of alkyl halides is 3. The number of aromatic nitrogens is 1. The molecule has 1 N–H and O–H groups in total. The summed E-state index contributed by atoms with van der Waals surface area (Å²) in [5.41, 5.74) is -1.65. The highest BCUT2D eigenvalue weighted by Gasteiger charge is 2.40. The lowest BCUT2D eigenvalue weighted by molar-refractivity contribution is -0.0517. The molecule has 2 saturated heterocycles. The summed E-state index contributed by atoms with van der Waals surface area (Å²) in [4.78, 5) is 7.65. The number of fused-ring (bicyclic) bond motifs is 2. The molecule has 2 aliphatic rings. The third-order valence-electron chi connectivity index (χ3n) is 6.49. The van der Waals surface area contributed by atoms with Gasteiger partial charge in [0, 0.05) is 30.3 Å². The summed E-state index contributed by atoms with van der Waals surface area (Å²) in [7, 11) is -6.26. The van der Waals surface area contributed by atoms with Crippen molar-refractivity contribution in [2.24, 2.45) is 0 Å². The van der Waals surface area contributed by atoms with Gasteiger partial charge in [-0.15, -0.1) is 0 Å². The summed E-state index contributed by atoms with van der Waals surface area (Å²) in [6, 6.07) is 23.8. The predicted molar refractivity (Wildman–Crippen MR) is 132 cm³/mol. The Kier molecular flexibility index (Phi) is 7.80. The maximum Gasteiger partial charge on any atom is 0.485 e. The second kappa shape index (κ2) is 10.5. The molecule has 0 aliphatic carbocycles. The fourth-order valence-corrected chi connectivity index (χ4v) is 6.58. The molecule has 3 aromatic rings. The number of hydrogen-bond donors (Lipinski definition) is 1. The summed E-state index contributed by atoms with van der Waals surface area (Å²) < 4.78 is 58.9. The topological polar surface area (TPSA) is 82.1 Å². The first-order valence-corrected chi connectivity index (χ1v) is 14.2. The molecule has 0 saturated carbocycles. The van der Waals surface area contributed by atoms with Crippen LogP contribution in [-0.4, -0.2) is 35.5 Å². The first kappa shape index (κ1) is 26.7. The molecule has 192 valence electrons. The number of benzene rings is 2. The molecule has 36 heavy (non-hydrogen) atoms. The minimum Gasteiger partial charge on any atom is -0.741 e. The molecule has 0 spiro atoms. The Balaban J connectivity index is 0.000000331. The van der Waals surface area contributed by atoms with Crippen molar-refractivity contribution in [3.63, 3.8) is 0 Å². The van der Waals surface area contributed by atoms with E-state index in [1.165, 1.54) is 45.7 Å². The number of halogens is 3. The minimum absolute atomic E-state index is 0.169. The number of aryl methyl sites for hydroxylation is 2. The Morgan fingerprint density at radius 2 is 1.44 bits per heavy atom. The van der Waals surface area contributed by atoms with E-state index < -0.39 is 15.6 Å². The zero-order valence-corrected chi connectivity index (χ0v) is 21.5. The van der Waals surface area contributed by atoms with Gasteiger partial charge in [-0.25, -0.2) is 13.4 Å². The smallest absolute Gasteiger partial charge is 0.485 e. The molecule has 5 nitrogen and oxygen atoms in total. The third kappa shape index (κ3) is 6.11. The van der Waals surface area contributed by atoms with Crippen molar-refractivity contribution in [2.75, 3.05) is 0 Å². The summed E-state index contributed by atoms with van der Waals surface area (Å²) in [5, 5.41) is 4.91. The van der Waals surface area contributed by atoms with Crippen molar-refractivity contribution >= 4 is 21.0 Å². The van der Waals surface area contributed by atoms with Crippen LogP contribution in [0.1, 0.15) is 41.9 Å². The number of nitrogens with zero attached hydrogens (tertiary/aromatic N) is 1. The molecule has 2 fully saturated rings. The molecular weight excluding hydrogens is 509 g/mol. The van der Waals surface area contributed by atoms with Crippen LogP contribution in [0.5, 0.6) is 0 Å². The molecule has 3 atom stereocenters. The van der Waals surface area contributed by atoms with Gasteiger partial charge in [0.25, 0.3) is 5.03 Å². The Labute approximate surface area is 212 Å². The normalized spacial score (nSPS) is 21.4. The van der Waals surface area contributed by atoms with Gasteiger partial charge in [0.05, 0.1) is 0 Å². The van der Waals surface area contributed by atoms with Crippen LogP contribution in [-0.2, 0) is 21.0 Å². The molecule has 0 unspecified atom stereocenters. The average Bonchev–Trinajstić information content (AvgIpc) is 3.45. The molecular formula is C26H27F3N2O3S2. The summed E-state index contributed by atoms with van der Waals surface area (Å²) in [6.07, 6.45) is 6.07. The highest BCUT2D eigenvalue weighted by molar-refractivity contribution is 7.97. The highest BCUT2D eigenvalue weighted by Crippen LogP contribution is 2.40. The van der Waals surface area contributed by atoms with E-state index in [-0.39, 0.29) is 10.9 Å². The second-order valence-corrected chi connectivity index (χ2v) is 12.5. The van der Waals surface area contributed by atoms with Crippen molar-refractivity contribution in [1.29, 1.82) is 0 Å². The third-order valence-corrected chi connectivity index (χ3v) is 9.21. The molecule has 0 amide bonds. The van der Waals surface area contributed by atoms with Crippen LogP contribution in [0.4, 0.5) is 13.2 Å². The Bertz CT molecular complexity index is 1230. The predicted octanol–water partition coefficient (Wildman–Crippen LogP) is 5.45. The number of hydrogen-bond acceptors (Lipinski definition) is 5.